The maximum absolute atomic E-state index is 9.87. The van der Waals surface area contributed by atoms with Crippen LogP contribution in [0.4, 0.5) is 0 Å². The van der Waals surface area contributed by atoms with E-state index >= 15 is 0 Å². The van der Waals surface area contributed by atoms with Gasteiger partial charge in [-0.2, -0.15) is 0 Å². The quantitative estimate of drug-likeness (QED) is 0.509. The van der Waals surface area contributed by atoms with E-state index < -0.39 is 0 Å². The first kappa shape index (κ1) is 16.8. The Bertz CT molecular complexity index is 130. The number of rotatable bonds is 7. The van der Waals surface area contributed by atoms with Gasteiger partial charge in [0.05, 0.1) is 0 Å². The summed E-state index contributed by atoms with van der Waals surface area (Å²) in [5.74, 6) is -0.0718. The second-order valence-electron chi connectivity index (χ2n) is 3.70. The number of nitrogens with one attached hydrogen (secondary N) is 2. The maximum Gasteiger partial charge on any atom is 0.230 e. The molecule has 0 radical (unpaired) electrons. The van der Waals surface area contributed by atoms with E-state index in [2.05, 4.69) is 24.7 Å². The summed E-state index contributed by atoms with van der Waals surface area (Å²) in [6.45, 7) is 5.97. The summed E-state index contributed by atoms with van der Waals surface area (Å²) in [4.78, 5) is 9.87. The van der Waals surface area contributed by atoms with Crippen LogP contribution in [0.2, 0.25) is 0 Å². The molecule has 0 saturated heterocycles. The van der Waals surface area contributed by atoms with Crippen molar-refractivity contribution in [3.05, 3.63) is 0 Å². The molecule has 15 heavy (non-hydrogen) atoms. The average molecular weight is 220 g/mol. The zero-order valence-electron chi connectivity index (χ0n) is 10.9. The Morgan fingerprint density at radius 2 is 1.40 bits per heavy atom. The van der Waals surface area contributed by atoms with E-state index in [1.807, 2.05) is 0 Å². The molecule has 3 heteroatoms. The lowest BCUT2D eigenvalue weighted by atomic mass is 10.1. The first-order chi connectivity index (χ1) is 7.18. The van der Waals surface area contributed by atoms with Crippen molar-refractivity contribution in [3.63, 3.8) is 0 Å². The smallest absolute Gasteiger partial charge is 0.230 e. The second kappa shape index (κ2) is 15.9. The fourth-order valence-corrected chi connectivity index (χ4v) is 1.21. The third-order valence-corrected chi connectivity index (χ3v) is 2.01. The van der Waals surface area contributed by atoms with Crippen molar-refractivity contribution in [2.75, 3.05) is 7.05 Å². The number of hydrogen-bond donors (Lipinski definition) is 2. The molecule has 96 valence electrons. The Morgan fingerprint density at radius 3 is 1.60 bits per heavy atom. The van der Waals surface area contributed by atoms with Gasteiger partial charge in [-0.25, -0.2) is 5.43 Å². The molecule has 0 fully saturated rings. The van der Waals surface area contributed by atoms with E-state index in [4.69, 9.17) is 0 Å². The Hall–Kier alpha value is -0.570. The summed E-state index contributed by atoms with van der Waals surface area (Å²) in [5, 5.41) is 0. The molecule has 0 atom stereocenters. The lowest BCUT2D eigenvalue weighted by molar-refractivity contribution is -0.119. The van der Waals surface area contributed by atoms with Crippen LogP contribution >= 0.6 is 0 Å². The molecule has 3 nitrogen and oxygen atoms in total. The molecule has 0 saturated carbocycles. The van der Waals surface area contributed by atoms with Crippen molar-refractivity contribution >= 4 is 5.91 Å². The first-order valence-corrected chi connectivity index (χ1v) is 6.12. The Labute approximate surface area is 98.0 Å². The van der Waals surface area contributed by atoms with Crippen molar-refractivity contribution in [3.8, 4) is 0 Å². The van der Waals surface area contributed by atoms with Gasteiger partial charge in [-0.05, 0) is 0 Å². The molecule has 0 bridgehead atoms. The Morgan fingerprint density at radius 1 is 1.00 bits per heavy atom. The first-order valence-electron chi connectivity index (χ1n) is 6.12. The molecule has 0 aromatic heterocycles. The van der Waals surface area contributed by atoms with Crippen LogP contribution in [0.5, 0.6) is 0 Å². The van der Waals surface area contributed by atoms with Crippen LogP contribution in [-0.4, -0.2) is 13.0 Å². The molecule has 0 aliphatic rings. The molecular weight excluding hydrogens is 188 g/mol. The molecule has 0 aromatic carbocycles. The largest absolute Gasteiger partial charge is 0.292 e. The van der Waals surface area contributed by atoms with Gasteiger partial charge in [0.15, 0.2) is 0 Å². The summed E-state index contributed by atoms with van der Waals surface area (Å²) in [6, 6.07) is 0. The van der Waals surface area contributed by atoms with Gasteiger partial charge in [-0.3, -0.25) is 10.2 Å². The van der Waals surface area contributed by atoms with E-state index in [9.17, 15) is 4.79 Å². The minimum absolute atomic E-state index is 0. The topological polar surface area (TPSA) is 41.1 Å². The van der Waals surface area contributed by atoms with Gasteiger partial charge in [0, 0.05) is 16.8 Å². The van der Waals surface area contributed by atoms with Crippen LogP contribution < -0.4 is 10.9 Å². The lowest BCUT2D eigenvalue weighted by Crippen LogP contribution is -2.31. The maximum atomic E-state index is 9.87. The van der Waals surface area contributed by atoms with E-state index in [0.29, 0.717) is 0 Å². The van der Waals surface area contributed by atoms with Crippen LogP contribution in [0.1, 0.15) is 68.6 Å². The third-order valence-electron chi connectivity index (χ3n) is 2.01. The Balaban J connectivity index is -0.0000000945. The predicted octanol–water partition coefficient (Wildman–Crippen LogP) is 3.51. The van der Waals surface area contributed by atoms with Crippen LogP contribution in [0.3, 0.4) is 0 Å². The number of hydrogen-bond acceptors (Lipinski definition) is 2. The second-order valence-corrected chi connectivity index (χ2v) is 3.70. The molecule has 0 unspecified atom stereocenters. The van der Waals surface area contributed by atoms with Crippen LogP contribution in [0.15, 0.2) is 0 Å². The summed E-state index contributed by atoms with van der Waals surface area (Å²) < 4.78 is 0. The van der Waals surface area contributed by atoms with Gasteiger partial charge in [0.25, 0.3) is 0 Å². The van der Waals surface area contributed by atoms with E-state index in [1.54, 1.807) is 7.05 Å². The molecule has 0 aliphatic carbocycles. The van der Waals surface area contributed by atoms with E-state index in [-0.39, 0.29) is 8.76 Å². The van der Waals surface area contributed by atoms with Crippen LogP contribution in [0.25, 0.3) is 0 Å². The molecular formula is C12H32N2O. The molecule has 0 aromatic rings. The number of carbonyl (C=O) groups is 1. The number of amides is 1. The minimum Gasteiger partial charge on any atom is -0.292 e. The fourth-order valence-electron chi connectivity index (χ4n) is 1.21. The third kappa shape index (κ3) is 24.7. The van der Waals surface area contributed by atoms with Crippen molar-refractivity contribution in [1.29, 1.82) is 0 Å². The summed E-state index contributed by atoms with van der Waals surface area (Å²) >= 11 is 0. The molecule has 0 heterocycles. The SMILES string of the molecule is CCCCCCCCC.CNNC(C)=O.[HH].[HH]. The highest BCUT2D eigenvalue weighted by atomic mass is 16.2. The highest BCUT2D eigenvalue weighted by Crippen LogP contribution is 2.05. The number of carbonyl (C=O) groups excluding carboxylic acids is 1. The van der Waals surface area contributed by atoms with Gasteiger partial charge < -0.3 is 0 Å². The van der Waals surface area contributed by atoms with Crippen LogP contribution in [0, 0.1) is 0 Å². The normalized spacial score (nSPS) is 9.07. The van der Waals surface area contributed by atoms with E-state index in [0.717, 1.165) is 0 Å². The minimum atomic E-state index is -0.0718. The van der Waals surface area contributed by atoms with Gasteiger partial charge in [-0.1, -0.05) is 58.8 Å². The van der Waals surface area contributed by atoms with Crippen molar-refractivity contribution < 1.29 is 7.65 Å². The van der Waals surface area contributed by atoms with Gasteiger partial charge in [0.1, 0.15) is 0 Å². The summed E-state index contributed by atoms with van der Waals surface area (Å²) in [6.07, 6.45) is 9.97. The predicted molar refractivity (Wildman–Crippen MR) is 70.8 cm³/mol. The van der Waals surface area contributed by atoms with Crippen molar-refractivity contribution in [1.82, 2.24) is 10.9 Å². The van der Waals surface area contributed by atoms with E-state index in [1.165, 1.54) is 51.9 Å². The molecule has 2 N–H and O–H groups in total. The zero-order valence-corrected chi connectivity index (χ0v) is 10.9. The number of hydrazine groups is 1. The fraction of sp³-hybridized carbons (Fsp3) is 0.917. The highest BCUT2D eigenvalue weighted by molar-refractivity contribution is 5.72. The van der Waals surface area contributed by atoms with Gasteiger partial charge in [0.2, 0.25) is 5.91 Å². The molecule has 0 spiro atoms. The Kier molecular flexibility index (Phi) is 17.8. The monoisotopic (exact) mass is 220 g/mol. The summed E-state index contributed by atoms with van der Waals surface area (Å²) in [5.41, 5.74) is 4.79. The van der Waals surface area contributed by atoms with Crippen LogP contribution in [-0.2, 0) is 4.79 Å². The summed E-state index contributed by atoms with van der Waals surface area (Å²) in [7, 11) is 1.64. The van der Waals surface area contributed by atoms with Gasteiger partial charge in [-0.15, -0.1) is 0 Å². The average Bonchev–Trinajstić information content (AvgIpc) is 2.18. The van der Waals surface area contributed by atoms with Crippen molar-refractivity contribution in [2.24, 2.45) is 0 Å². The standard InChI is InChI=1S/C9H20.C3H8N2O.2H2/c1-3-5-7-9-8-6-4-2;1-3(6)5-4-2;;/h3-9H2,1-2H3;4H,1-2H3,(H,5,6);2*1H. The molecule has 1 amide bonds. The van der Waals surface area contributed by atoms with Crippen molar-refractivity contribution in [2.45, 2.75) is 65.7 Å². The molecule has 0 aliphatic heterocycles. The lowest BCUT2D eigenvalue weighted by Gasteiger charge is -1.96. The highest BCUT2D eigenvalue weighted by Gasteiger charge is 1.85. The van der Waals surface area contributed by atoms with Gasteiger partial charge >= 0.3 is 0 Å². The number of unbranched alkanes of at least 4 members (excludes halogenated alkanes) is 6. The molecule has 0 rings (SSSR count). The zero-order chi connectivity index (χ0) is 11.9.